The van der Waals surface area contributed by atoms with E-state index >= 15 is 0 Å². The Morgan fingerprint density at radius 2 is 1.00 bits per heavy atom. The second-order valence-electron chi connectivity index (χ2n) is 1.77. The fourth-order valence-corrected chi connectivity index (χ4v) is 0.250. The zero-order chi connectivity index (χ0) is 5.54. The summed E-state index contributed by atoms with van der Waals surface area (Å²) in [6.07, 6.45) is 6.75. The first-order chi connectivity index (χ1) is 3.41. The van der Waals surface area contributed by atoms with Gasteiger partial charge in [0.15, 0.2) is 0 Å². The molecule has 0 saturated heterocycles. The Labute approximate surface area is 98.7 Å². The molecule has 51 valence electrons. The number of hydrogen-bond acceptors (Lipinski definition) is 0. The third-order valence-corrected chi connectivity index (χ3v) is 1.000. The van der Waals surface area contributed by atoms with E-state index in [1.165, 1.54) is 25.7 Å². The van der Waals surface area contributed by atoms with E-state index < -0.39 is 0 Å². The van der Waals surface area contributed by atoms with Crippen LogP contribution in [0.3, 0.4) is 0 Å². The van der Waals surface area contributed by atoms with Gasteiger partial charge in [0.25, 0.3) is 0 Å². The summed E-state index contributed by atoms with van der Waals surface area (Å²) < 4.78 is 0. The molecule has 1 radical (unpaired) electrons. The summed E-state index contributed by atoms with van der Waals surface area (Å²) in [6, 6.07) is 0. The summed E-state index contributed by atoms with van der Waals surface area (Å²) in [5.74, 6) is 0. The van der Waals surface area contributed by atoms with E-state index in [0.29, 0.717) is 0 Å². The molecule has 0 nitrogen and oxygen atoms in total. The Hall–Kier alpha value is 1.79. The minimum Gasteiger partial charge on any atom is -0.372 e. The zero-order valence-corrected chi connectivity index (χ0v) is 11.7. The molecule has 1 rings (SSSR count). The van der Waals surface area contributed by atoms with Crippen molar-refractivity contribution in [3.63, 3.8) is 0 Å². The Morgan fingerprint density at radius 1 is 0.889 bits per heavy atom. The molecule has 1 saturated carbocycles. The van der Waals surface area contributed by atoms with Gasteiger partial charge in [-0.05, 0) is 0 Å². The molecule has 0 aromatic rings. The van der Waals surface area contributed by atoms with E-state index in [-0.39, 0.29) is 53.8 Å². The van der Waals surface area contributed by atoms with Gasteiger partial charge < -0.3 is 20.3 Å². The van der Waals surface area contributed by atoms with Crippen LogP contribution in [0.15, 0.2) is 0 Å². The van der Waals surface area contributed by atoms with Crippen molar-refractivity contribution in [2.75, 3.05) is 0 Å². The molecule has 0 unspecified atom stereocenters. The van der Waals surface area contributed by atoms with Crippen molar-refractivity contribution in [1.29, 1.82) is 0 Å². The molecule has 0 aliphatic heterocycles. The monoisotopic (exact) mass is 371 g/mol. The van der Waals surface area contributed by atoms with Crippen LogP contribution in [0.2, 0.25) is 0 Å². The molecule has 1 fully saturated rings. The van der Waals surface area contributed by atoms with Crippen molar-refractivity contribution in [2.24, 2.45) is 0 Å². The second-order valence-corrected chi connectivity index (χ2v) is 1.77. The first-order valence-electron chi connectivity index (χ1n) is 3.00. The maximum Gasteiger partial charge on any atom is 2.00 e. The average molecular weight is 371 g/mol. The van der Waals surface area contributed by atoms with Gasteiger partial charge in [-0.3, -0.25) is 0 Å². The molecule has 0 aromatic carbocycles. The van der Waals surface area contributed by atoms with Gasteiger partial charge in [-0.25, -0.2) is 0 Å². The topological polar surface area (TPSA) is 0 Å². The van der Waals surface area contributed by atoms with Gasteiger partial charge in [-0.15, -0.1) is 0 Å². The third-order valence-electron chi connectivity index (χ3n) is 1.000. The summed E-state index contributed by atoms with van der Waals surface area (Å²) >= 11 is 0. The smallest absolute Gasteiger partial charge is 0.372 e. The minimum absolute atomic E-state index is 0. The van der Waals surface area contributed by atoms with Gasteiger partial charge >= 0.3 is 21.1 Å². The molecular formula is C7H14WY. The summed E-state index contributed by atoms with van der Waals surface area (Å²) in [4.78, 5) is 0. The van der Waals surface area contributed by atoms with Gasteiger partial charge in [-0.1, -0.05) is 25.7 Å². The summed E-state index contributed by atoms with van der Waals surface area (Å²) in [5, 5.41) is 0. The zero-order valence-electron chi connectivity index (χ0n) is 5.94. The third kappa shape index (κ3) is 17.7. The Balaban J connectivity index is -0.0000000680. The largest absolute Gasteiger partial charge is 2.00 e. The predicted molar refractivity (Wildman–Crippen MR) is 33.8 cm³/mol. The fourth-order valence-electron chi connectivity index (χ4n) is 0.250. The standard InChI is InChI=1S/C4H8.C3H6.W.Y/c1-2-4-3-1;1-3-2;;/h1-4H2;1-3H2;;/q;-2;+2;. The van der Waals surface area contributed by atoms with Crippen molar-refractivity contribution in [3.05, 3.63) is 13.8 Å². The molecule has 0 atom stereocenters. The molecule has 2 heteroatoms. The van der Waals surface area contributed by atoms with E-state index in [1.807, 2.05) is 0 Å². The number of hydrogen-bond donors (Lipinski definition) is 0. The van der Waals surface area contributed by atoms with Crippen molar-refractivity contribution < 1.29 is 53.8 Å². The fraction of sp³-hybridized carbons (Fsp3) is 0.714. The Kier molecular flexibility index (Phi) is 31.1. The van der Waals surface area contributed by atoms with Gasteiger partial charge in [0.2, 0.25) is 0 Å². The van der Waals surface area contributed by atoms with Crippen LogP contribution in [0.5, 0.6) is 0 Å². The normalized spacial score (nSPS) is 12.7. The second kappa shape index (κ2) is 16.4. The molecule has 0 amide bonds. The minimum atomic E-state index is 0. The van der Waals surface area contributed by atoms with Crippen LogP contribution >= 0.6 is 0 Å². The maximum atomic E-state index is 3.38. The van der Waals surface area contributed by atoms with Crippen LogP contribution < -0.4 is 0 Å². The van der Waals surface area contributed by atoms with E-state index in [1.54, 1.807) is 0 Å². The summed E-state index contributed by atoms with van der Waals surface area (Å²) in [6.45, 7) is 6.75. The molecule has 1 aliphatic carbocycles. The predicted octanol–water partition coefficient (Wildman–Crippen LogP) is 2.60. The van der Waals surface area contributed by atoms with Crippen LogP contribution in [0.4, 0.5) is 0 Å². The van der Waals surface area contributed by atoms with Gasteiger partial charge in [-0.2, -0.15) is 0 Å². The molecule has 0 N–H and O–H groups in total. The van der Waals surface area contributed by atoms with Crippen LogP contribution in [-0.2, 0) is 53.8 Å². The van der Waals surface area contributed by atoms with E-state index in [0.717, 1.165) is 6.42 Å². The van der Waals surface area contributed by atoms with Crippen molar-refractivity contribution in [3.8, 4) is 0 Å². The van der Waals surface area contributed by atoms with Gasteiger partial charge in [0.1, 0.15) is 0 Å². The summed E-state index contributed by atoms with van der Waals surface area (Å²) in [5.41, 5.74) is 0. The first-order valence-corrected chi connectivity index (χ1v) is 3.00. The molecular weight excluding hydrogens is 357 g/mol. The van der Waals surface area contributed by atoms with Crippen molar-refractivity contribution in [2.45, 2.75) is 32.1 Å². The molecule has 0 spiro atoms. The quantitative estimate of drug-likeness (QED) is 0.575. The molecule has 9 heavy (non-hydrogen) atoms. The van der Waals surface area contributed by atoms with Crippen LogP contribution in [-0.4, -0.2) is 0 Å². The van der Waals surface area contributed by atoms with Crippen LogP contribution in [0, 0.1) is 13.8 Å². The SMILES string of the molecule is C1CCC1.[CH2-]C[CH2-].[W+2].[Y]. The summed E-state index contributed by atoms with van der Waals surface area (Å²) in [7, 11) is 0. The molecule has 0 heterocycles. The number of rotatable bonds is 0. The molecule has 1 aliphatic rings. The molecule has 0 aromatic heterocycles. The van der Waals surface area contributed by atoms with Gasteiger partial charge in [0, 0.05) is 32.7 Å². The average Bonchev–Trinajstić information content (AvgIpc) is 1.27. The van der Waals surface area contributed by atoms with E-state index in [2.05, 4.69) is 13.8 Å². The van der Waals surface area contributed by atoms with E-state index in [4.69, 9.17) is 0 Å². The van der Waals surface area contributed by atoms with Crippen molar-refractivity contribution >= 4 is 0 Å². The molecule has 0 bridgehead atoms. The maximum absolute atomic E-state index is 3.38. The first kappa shape index (κ1) is 17.0. The van der Waals surface area contributed by atoms with Gasteiger partial charge in [0.05, 0.1) is 0 Å². The Bertz CT molecular complexity index is 24.1. The van der Waals surface area contributed by atoms with Crippen LogP contribution in [0.25, 0.3) is 0 Å². The van der Waals surface area contributed by atoms with E-state index in [9.17, 15) is 0 Å². The van der Waals surface area contributed by atoms with Crippen molar-refractivity contribution in [1.82, 2.24) is 0 Å². The Morgan fingerprint density at radius 3 is 1.00 bits per heavy atom. The van der Waals surface area contributed by atoms with Crippen LogP contribution in [0.1, 0.15) is 32.1 Å².